The standard InChI is InChI=1S/C10H20N2/c1-5-10(6-2)12(8-11)7-9(3)4/h9-10H,5-7H2,1-4H3. The molecule has 0 fully saturated rings. The Labute approximate surface area is 76.2 Å². The predicted molar refractivity (Wildman–Crippen MR) is 51.5 cm³/mol. The van der Waals surface area contributed by atoms with Gasteiger partial charge in [0.1, 0.15) is 0 Å². The molecule has 0 aliphatic carbocycles. The van der Waals surface area contributed by atoms with Crippen LogP contribution in [0.2, 0.25) is 0 Å². The van der Waals surface area contributed by atoms with Gasteiger partial charge in [0.25, 0.3) is 0 Å². The molecule has 0 bridgehead atoms. The molecular formula is C10H20N2. The van der Waals surface area contributed by atoms with Crippen LogP contribution in [0.5, 0.6) is 0 Å². The topological polar surface area (TPSA) is 27.0 Å². The van der Waals surface area contributed by atoms with Crippen LogP contribution in [-0.4, -0.2) is 17.5 Å². The van der Waals surface area contributed by atoms with Crippen LogP contribution in [0.4, 0.5) is 0 Å². The van der Waals surface area contributed by atoms with Crippen molar-refractivity contribution in [3.63, 3.8) is 0 Å². The van der Waals surface area contributed by atoms with Crippen LogP contribution in [-0.2, 0) is 0 Å². The molecule has 0 aromatic carbocycles. The molecule has 0 heterocycles. The molecule has 0 atom stereocenters. The number of hydrogen-bond acceptors (Lipinski definition) is 2. The largest absolute Gasteiger partial charge is 0.307 e. The summed E-state index contributed by atoms with van der Waals surface area (Å²) in [7, 11) is 0. The van der Waals surface area contributed by atoms with Crippen molar-refractivity contribution >= 4 is 0 Å². The second-order valence-electron chi connectivity index (χ2n) is 3.62. The molecule has 2 heteroatoms. The van der Waals surface area contributed by atoms with Crippen molar-refractivity contribution in [3.05, 3.63) is 0 Å². The lowest BCUT2D eigenvalue weighted by atomic mass is 10.1. The average Bonchev–Trinajstić information content (AvgIpc) is 2.04. The zero-order chi connectivity index (χ0) is 9.56. The van der Waals surface area contributed by atoms with Crippen LogP contribution in [0.15, 0.2) is 0 Å². The summed E-state index contributed by atoms with van der Waals surface area (Å²) in [5.41, 5.74) is 0. The van der Waals surface area contributed by atoms with E-state index >= 15 is 0 Å². The summed E-state index contributed by atoms with van der Waals surface area (Å²) in [6.07, 6.45) is 4.40. The maximum absolute atomic E-state index is 8.88. The van der Waals surface area contributed by atoms with Crippen molar-refractivity contribution in [2.45, 2.75) is 46.6 Å². The molecule has 0 saturated carbocycles. The molecular weight excluding hydrogens is 148 g/mol. The molecule has 2 nitrogen and oxygen atoms in total. The smallest absolute Gasteiger partial charge is 0.179 e. The second kappa shape index (κ2) is 5.88. The molecule has 0 aromatic heterocycles. The number of nitrogens with zero attached hydrogens (tertiary/aromatic N) is 2. The van der Waals surface area contributed by atoms with E-state index in [9.17, 15) is 0 Å². The third-order valence-electron chi connectivity index (χ3n) is 2.07. The number of rotatable bonds is 5. The molecule has 0 amide bonds. The van der Waals surface area contributed by atoms with Gasteiger partial charge in [0.2, 0.25) is 0 Å². The molecule has 0 spiro atoms. The van der Waals surface area contributed by atoms with Crippen molar-refractivity contribution in [3.8, 4) is 6.19 Å². The maximum atomic E-state index is 8.88. The fourth-order valence-corrected chi connectivity index (χ4v) is 1.39. The van der Waals surface area contributed by atoms with Crippen LogP contribution >= 0.6 is 0 Å². The van der Waals surface area contributed by atoms with Gasteiger partial charge in [-0.2, -0.15) is 5.26 Å². The Bertz CT molecular complexity index is 142. The molecule has 0 radical (unpaired) electrons. The van der Waals surface area contributed by atoms with Crippen molar-refractivity contribution in [1.29, 1.82) is 5.26 Å². The highest BCUT2D eigenvalue weighted by Gasteiger charge is 2.13. The van der Waals surface area contributed by atoms with Gasteiger partial charge < -0.3 is 4.90 Å². The van der Waals surface area contributed by atoms with Crippen molar-refractivity contribution in [2.75, 3.05) is 6.54 Å². The third kappa shape index (κ3) is 3.61. The van der Waals surface area contributed by atoms with E-state index in [0.29, 0.717) is 12.0 Å². The van der Waals surface area contributed by atoms with E-state index in [1.54, 1.807) is 0 Å². The molecule has 70 valence electrons. The summed E-state index contributed by atoms with van der Waals surface area (Å²) < 4.78 is 0. The molecule has 12 heavy (non-hydrogen) atoms. The van der Waals surface area contributed by atoms with Crippen LogP contribution in [0.3, 0.4) is 0 Å². The zero-order valence-corrected chi connectivity index (χ0v) is 8.67. The molecule has 0 rings (SSSR count). The molecule has 0 unspecified atom stereocenters. The summed E-state index contributed by atoms with van der Waals surface area (Å²) in [4.78, 5) is 1.91. The van der Waals surface area contributed by atoms with Crippen LogP contribution < -0.4 is 0 Å². The van der Waals surface area contributed by atoms with Gasteiger partial charge in [-0.3, -0.25) is 0 Å². The fourth-order valence-electron chi connectivity index (χ4n) is 1.39. The molecule has 0 aliphatic rings. The van der Waals surface area contributed by atoms with Gasteiger partial charge in [0.05, 0.1) is 0 Å². The molecule has 0 N–H and O–H groups in total. The molecule has 0 saturated heterocycles. The van der Waals surface area contributed by atoms with Crippen molar-refractivity contribution in [1.82, 2.24) is 4.90 Å². The highest BCUT2D eigenvalue weighted by Crippen LogP contribution is 2.09. The van der Waals surface area contributed by atoms with E-state index in [4.69, 9.17) is 5.26 Å². The van der Waals surface area contributed by atoms with Crippen LogP contribution in [0.1, 0.15) is 40.5 Å². The van der Waals surface area contributed by atoms with E-state index in [-0.39, 0.29) is 0 Å². The minimum atomic E-state index is 0.442. The normalized spacial score (nSPS) is 10.4. The van der Waals surface area contributed by atoms with Crippen LogP contribution in [0, 0.1) is 17.4 Å². The van der Waals surface area contributed by atoms with E-state index in [0.717, 1.165) is 19.4 Å². The first-order chi connectivity index (χ1) is 5.65. The van der Waals surface area contributed by atoms with Gasteiger partial charge in [-0.1, -0.05) is 27.7 Å². The SMILES string of the molecule is CCC(CC)N(C#N)CC(C)C. The highest BCUT2D eigenvalue weighted by atomic mass is 15.1. The van der Waals surface area contributed by atoms with Gasteiger partial charge in [0.15, 0.2) is 6.19 Å². The number of nitriles is 1. The second-order valence-corrected chi connectivity index (χ2v) is 3.62. The maximum Gasteiger partial charge on any atom is 0.179 e. The first-order valence-corrected chi connectivity index (χ1v) is 4.82. The van der Waals surface area contributed by atoms with E-state index in [2.05, 4.69) is 33.9 Å². The number of hydrogen-bond donors (Lipinski definition) is 0. The fraction of sp³-hybridized carbons (Fsp3) is 0.900. The summed E-state index contributed by atoms with van der Waals surface area (Å²) in [5, 5.41) is 8.88. The predicted octanol–water partition coefficient (Wildman–Crippen LogP) is 2.61. The summed E-state index contributed by atoms with van der Waals surface area (Å²) in [6.45, 7) is 9.46. The Kier molecular flexibility index (Phi) is 5.53. The molecule has 0 aromatic rings. The quantitative estimate of drug-likeness (QED) is 0.466. The first-order valence-electron chi connectivity index (χ1n) is 4.82. The summed E-state index contributed by atoms with van der Waals surface area (Å²) >= 11 is 0. The lowest BCUT2D eigenvalue weighted by molar-refractivity contribution is 0.248. The van der Waals surface area contributed by atoms with Crippen LogP contribution in [0.25, 0.3) is 0 Å². The Morgan fingerprint density at radius 1 is 1.25 bits per heavy atom. The Hall–Kier alpha value is -0.710. The minimum absolute atomic E-state index is 0.442. The van der Waals surface area contributed by atoms with Crippen molar-refractivity contribution in [2.24, 2.45) is 5.92 Å². The first kappa shape index (κ1) is 11.3. The van der Waals surface area contributed by atoms with E-state index in [1.165, 1.54) is 0 Å². The Balaban J connectivity index is 4.04. The van der Waals surface area contributed by atoms with Gasteiger partial charge in [-0.05, 0) is 18.8 Å². The zero-order valence-electron chi connectivity index (χ0n) is 8.67. The summed E-state index contributed by atoms with van der Waals surface area (Å²) in [6, 6.07) is 0.442. The molecule has 0 aliphatic heterocycles. The van der Waals surface area contributed by atoms with E-state index < -0.39 is 0 Å². The third-order valence-corrected chi connectivity index (χ3v) is 2.07. The monoisotopic (exact) mass is 168 g/mol. The lowest BCUT2D eigenvalue weighted by Gasteiger charge is -2.26. The minimum Gasteiger partial charge on any atom is -0.307 e. The van der Waals surface area contributed by atoms with E-state index in [1.807, 2.05) is 4.90 Å². The van der Waals surface area contributed by atoms with Gasteiger partial charge in [-0.25, -0.2) is 0 Å². The average molecular weight is 168 g/mol. The van der Waals surface area contributed by atoms with Gasteiger partial charge >= 0.3 is 0 Å². The van der Waals surface area contributed by atoms with Gasteiger partial charge in [0, 0.05) is 12.6 Å². The van der Waals surface area contributed by atoms with Crippen molar-refractivity contribution < 1.29 is 0 Å². The highest BCUT2D eigenvalue weighted by molar-refractivity contribution is 4.81. The summed E-state index contributed by atoms with van der Waals surface area (Å²) in [5.74, 6) is 0.574. The lowest BCUT2D eigenvalue weighted by Crippen LogP contribution is -2.33. The Morgan fingerprint density at radius 3 is 2.00 bits per heavy atom. The van der Waals surface area contributed by atoms with Gasteiger partial charge in [-0.15, -0.1) is 0 Å². The Morgan fingerprint density at radius 2 is 1.75 bits per heavy atom.